The summed E-state index contributed by atoms with van der Waals surface area (Å²) >= 11 is 0. The van der Waals surface area contributed by atoms with Crippen LogP contribution in [0.15, 0.2) is 96.1 Å². The summed E-state index contributed by atoms with van der Waals surface area (Å²) in [4.78, 5) is 11.9. The SMILES string of the molecule is N=Nc1ccccc1.O=C(c1ccccc1)C(O)c1ccccc1.[Mn]. The molecule has 0 saturated carbocycles. The normalized spacial score (nSPS) is 10.4. The number of nitrogens with one attached hydrogen (secondary N) is 1. The Morgan fingerprint density at radius 2 is 1.24 bits per heavy atom. The Balaban J connectivity index is 0.000000295. The van der Waals surface area contributed by atoms with Crippen LogP contribution >= 0.6 is 0 Å². The number of Topliss-reactive ketones (excluding diaryl/α,β-unsaturated/α-hetero) is 1. The molecule has 0 saturated heterocycles. The molecule has 0 aliphatic carbocycles. The molecule has 0 aliphatic rings. The molecule has 0 spiro atoms. The molecule has 25 heavy (non-hydrogen) atoms. The fraction of sp³-hybridized carbons (Fsp3) is 0.0500. The van der Waals surface area contributed by atoms with Gasteiger partial charge in [0.2, 0.25) is 0 Å². The molecule has 0 aromatic heterocycles. The van der Waals surface area contributed by atoms with Gasteiger partial charge in [0, 0.05) is 22.6 Å². The summed E-state index contributed by atoms with van der Waals surface area (Å²) in [6.45, 7) is 0. The summed E-state index contributed by atoms with van der Waals surface area (Å²) in [5.41, 5.74) is 8.42. The monoisotopic (exact) mass is 373 g/mol. The molecule has 5 heteroatoms. The minimum absolute atomic E-state index is 0. The van der Waals surface area contributed by atoms with Crippen LogP contribution < -0.4 is 0 Å². The predicted molar refractivity (Wildman–Crippen MR) is 93.4 cm³/mol. The van der Waals surface area contributed by atoms with E-state index in [1.54, 1.807) is 60.7 Å². The van der Waals surface area contributed by atoms with Crippen LogP contribution in [-0.2, 0) is 17.1 Å². The molecule has 3 rings (SSSR count). The minimum Gasteiger partial charge on any atom is -0.380 e. The van der Waals surface area contributed by atoms with E-state index in [0.29, 0.717) is 16.8 Å². The number of hydrogen-bond donors (Lipinski definition) is 2. The maximum atomic E-state index is 11.9. The van der Waals surface area contributed by atoms with Crippen LogP contribution in [0.2, 0.25) is 0 Å². The van der Waals surface area contributed by atoms with Crippen LogP contribution in [0.4, 0.5) is 5.69 Å². The molecule has 0 aliphatic heterocycles. The Labute approximate surface area is 157 Å². The molecule has 0 heterocycles. The summed E-state index contributed by atoms with van der Waals surface area (Å²) in [6, 6.07) is 26.9. The quantitative estimate of drug-likeness (QED) is 0.386. The Morgan fingerprint density at radius 1 is 0.800 bits per heavy atom. The molecule has 3 aromatic rings. The van der Waals surface area contributed by atoms with E-state index in [-0.39, 0.29) is 22.9 Å². The van der Waals surface area contributed by atoms with Gasteiger partial charge in [-0.2, -0.15) is 5.11 Å². The number of aliphatic hydroxyl groups excluding tert-OH is 1. The fourth-order valence-electron chi connectivity index (χ4n) is 2.05. The van der Waals surface area contributed by atoms with Crippen LogP contribution in [0.3, 0.4) is 0 Å². The van der Waals surface area contributed by atoms with Crippen molar-refractivity contribution in [2.45, 2.75) is 6.10 Å². The van der Waals surface area contributed by atoms with E-state index in [1.165, 1.54) is 0 Å². The molecule has 0 bridgehead atoms. The second kappa shape index (κ2) is 11.0. The number of para-hydroxylation sites is 1. The maximum absolute atomic E-state index is 11.9. The Hall–Kier alpha value is -2.59. The van der Waals surface area contributed by atoms with Crippen LogP contribution in [0.5, 0.6) is 0 Å². The van der Waals surface area contributed by atoms with Crippen molar-refractivity contribution in [1.82, 2.24) is 0 Å². The number of carbonyl (C=O) groups excluding carboxylic acids is 1. The van der Waals surface area contributed by atoms with Gasteiger partial charge in [-0.3, -0.25) is 4.79 Å². The Morgan fingerprint density at radius 3 is 1.68 bits per heavy atom. The number of benzene rings is 3. The summed E-state index contributed by atoms with van der Waals surface area (Å²) in [5.74, 6) is -0.271. The predicted octanol–water partition coefficient (Wildman–Crippen LogP) is 4.95. The Kier molecular flexibility index (Phi) is 9.04. The van der Waals surface area contributed by atoms with E-state index in [1.807, 2.05) is 30.3 Å². The van der Waals surface area contributed by atoms with Crippen LogP contribution in [0.25, 0.3) is 0 Å². The van der Waals surface area contributed by atoms with Crippen molar-refractivity contribution in [3.05, 3.63) is 102 Å². The van der Waals surface area contributed by atoms with Crippen molar-refractivity contribution in [1.29, 1.82) is 5.53 Å². The third-order valence-corrected chi connectivity index (χ3v) is 3.31. The zero-order valence-electron chi connectivity index (χ0n) is 13.4. The first-order valence-electron chi connectivity index (χ1n) is 7.47. The topological polar surface area (TPSA) is 73.5 Å². The second-order valence-corrected chi connectivity index (χ2v) is 4.99. The van der Waals surface area contributed by atoms with Crippen molar-refractivity contribution >= 4 is 11.5 Å². The first-order valence-corrected chi connectivity index (χ1v) is 7.47. The molecule has 127 valence electrons. The number of aliphatic hydroxyl groups is 1. The summed E-state index contributed by atoms with van der Waals surface area (Å²) in [7, 11) is 0. The Bertz CT molecular complexity index is 765. The van der Waals surface area contributed by atoms with Gasteiger partial charge in [-0.25, -0.2) is 5.53 Å². The van der Waals surface area contributed by atoms with Crippen molar-refractivity contribution < 1.29 is 27.0 Å². The first kappa shape index (κ1) is 20.5. The van der Waals surface area contributed by atoms with Crippen molar-refractivity contribution in [3.63, 3.8) is 0 Å². The van der Waals surface area contributed by atoms with Crippen molar-refractivity contribution in [2.75, 3.05) is 0 Å². The molecule has 4 nitrogen and oxygen atoms in total. The van der Waals surface area contributed by atoms with Gasteiger partial charge in [0.15, 0.2) is 5.78 Å². The number of hydrogen-bond acceptors (Lipinski definition) is 4. The average molecular weight is 373 g/mol. The molecule has 0 amide bonds. The summed E-state index contributed by atoms with van der Waals surface area (Å²) in [6.07, 6.45) is -1.08. The molecule has 3 aromatic carbocycles. The summed E-state index contributed by atoms with van der Waals surface area (Å²) in [5, 5.41) is 13.1. The van der Waals surface area contributed by atoms with Gasteiger partial charge in [-0.05, 0) is 17.7 Å². The van der Waals surface area contributed by atoms with Crippen molar-refractivity contribution in [3.8, 4) is 0 Å². The van der Waals surface area contributed by atoms with E-state index < -0.39 is 6.10 Å². The molecule has 0 fully saturated rings. The first-order chi connectivity index (χ1) is 11.7. The standard InChI is InChI=1S/C14H12O2.C6H6N2.Mn/c15-13(11-7-3-1-4-8-11)14(16)12-9-5-2-6-10-12;7-8-6-4-2-1-3-5-6;/h1-10,13,15H;1-5,7H;. The number of rotatable bonds is 4. The molecule has 2 N–H and O–H groups in total. The van der Waals surface area contributed by atoms with Gasteiger partial charge in [0.05, 0.1) is 5.69 Å². The van der Waals surface area contributed by atoms with Gasteiger partial charge in [-0.1, -0.05) is 78.9 Å². The second-order valence-electron chi connectivity index (χ2n) is 4.99. The van der Waals surface area contributed by atoms with E-state index in [0.717, 1.165) is 0 Å². The molecule has 1 radical (unpaired) electrons. The third kappa shape index (κ3) is 6.43. The maximum Gasteiger partial charge on any atom is 0.195 e. The van der Waals surface area contributed by atoms with Gasteiger partial charge < -0.3 is 5.11 Å². The number of carbonyl (C=O) groups is 1. The molecule has 1 atom stereocenters. The van der Waals surface area contributed by atoms with Gasteiger partial charge >= 0.3 is 0 Å². The van der Waals surface area contributed by atoms with Crippen LogP contribution in [-0.4, -0.2) is 10.9 Å². The molecular formula is C20H18MnN2O2. The minimum atomic E-state index is -1.08. The zero-order valence-corrected chi connectivity index (χ0v) is 14.6. The van der Waals surface area contributed by atoms with Gasteiger partial charge in [-0.15, -0.1) is 0 Å². The van der Waals surface area contributed by atoms with E-state index >= 15 is 0 Å². The largest absolute Gasteiger partial charge is 0.380 e. The van der Waals surface area contributed by atoms with E-state index in [9.17, 15) is 9.90 Å². The summed E-state index contributed by atoms with van der Waals surface area (Å²) < 4.78 is 0. The number of ketones is 1. The zero-order chi connectivity index (χ0) is 17.2. The fourth-order valence-corrected chi connectivity index (χ4v) is 2.05. The number of nitrogens with zero attached hydrogens (tertiary/aromatic N) is 1. The van der Waals surface area contributed by atoms with Crippen LogP contribution in [0.1, 0.15) is 22.0 Å². The van der Waals surface area contributed by atoms with Gasteiger partial charge in [0.25, 0.3) is 0 Å². The van der Waals surface area contributed by atoms with E-state index in [4.69, 9.17) is 5.53 Å². The molecular weight excluding hydrogens is 355 g/mol. The molecule has 1 unspecified atom stereocenters. The van der Waals surface area contributed by atoms with Crippen LogP contribution in [0, 0.1) is 5.53 Å². The smallest absolute Gasteiger partial charge is 0.195 e. The third-order valence-electron chi connectivity index (χ3n) is 3.31. The van der Waals surface area contributed by atoms with Gasteiger partial charge in [0.1, 0.15) is 6.10 Å². The van der Waals surface area contributed by atoms with Crippen molar-refractivity contribution in [2.24, 2.45) is 5.11 Å². The average Bonchev–Trinajstić information content (AvgIpc) is 2.69. The van der Waals surface area contributed by atoms with E-state index in [2.05, 4.69) is 5.11 Å².